The molecule has 1 saturated heterocycles. The van der Waals surface area contributed by atoms with Gasteiger partial charge in [-0.3, -0.25) is 9.59 Å². The van der Waals surface area contributed by atoms with Gasteiger partial charge in [-0.15, -0.1) is 0 Å². The van der Waals surface area contributed by atoms with E-state index in [0.717, 1.165) is 24.2 Å². The Morgan fingerprint density at radius 1 is 1.24 bits per heavy atom. The number of carboxylic acids is 1. The van der Waals surface area contributed by atoms with E-state index in [9.17, 15) is 9.59 Å². The van der Waals surface area contributed by atoms with Gasteiger partial charge in [-0.2, -0.15) is 0 Å². The summed E-state index contributed by atoms with van der Waals surface area (Å²) in [4.78, 5) is 25.4. The van der Waals surface area contributed by atoms with E-state index in [4.69, 9.17) is 5.11 Å². The molecule has 1 aromatic rings. The van der Waals surface area contributed by atoms with Gasteiger partial charge in [0.1, 0.15) is 0 Å². The molecule has 1 atom stereocenters. The first-order valence-corrected chi connectivity index (χ1v) is 7.54. The molecular formula is C17H23NO3. The average molecular weight is 289 g/mol. The fourth-order valence-corrected chi connectivity index (χ4v) is 2.84. The van der Waals surface area contributed by atoms with Crippen LogP contribution in [-0.2, 0) is 4.79 Å². The molecule has 114 valence electrons. The lowest BCUT2D eigenvalue weighted by atomic mass is 9.94. The summed E-state index contributed by atoms with van der Waals surface area (Å²) < 4.78 is 0. The Balaban J connectivity index is 1.87. The Morgan fingerprint density at radius 2 is 1.81 bits per heavy atom. The molecule has 1 heterocycles. The van der Waals surface area contributed by atoms with Gasteiger partial charge in [0.25, 0.3) is 0 Å². The van der Waals surface area contributed by atoms with Crippen molar-refractivity contribution in [2.24, 2.45) is 5.92 Å². The van der Waals surface area contributed by atoms with Crippen molar-refractivity contribution in [3.63, 3.8) is 0 Å². The van der Waals surface area contributed by atoms with Gasteiger partial charge < -0.3 is 10.0 Å². The van der Waals surface area contributed by atoms with Crippen molar-refractivity contribution in [1.82, 2.24) is 4.90 Å². The monoisotopic (exact) mass is 289 g/mol. The van der Waals surface area contributed by atoms with E-state index in [2.05, 4.69) is 4.90 Å². The van der Waals surface area contributed by atoms with E-state index >= 15 is 0 Å². The fourth-order valence-electron chi connectivity index (χ4n) is 2.84. The molecule has 0 radical (unpaired) electrons. The number of benzene rings is 1. The first kappa shape index (κ1) is 15.7. The van der Waals surface area contributed by atoms with Crippen LogP contribution in [0.15, 0.2) is 24.3 Å². The van der Waals surface area contributed by atoms with Crippen LogP contribution in [0.25, 0.3) is 0 Å². The smallest absolute Gasteiger partial charge is 0.306 e. The third kappa shape index (κ3) is 4.14. The second kappa shape index (κ2) is 6.85. The number of piperidine rings is 1. The highest BCUT2D eigenvalue weighted by atomic mass is 16.4. The minimum absolute atomic E-state index is 0.155. The van der Waals surface area contributed by atoms with Crippen molar-refractivity contribution in [3.05, 3.63) is 35.4 Å². The first-order valence-electron chi connectivity index (χ1n) is 7.54. The minimum atomic E-state index is -0.696. The lowest BCUT2D eigenvalue weighted by Gasteiger charge is -2.34. The summed E-state index contributed by atoms with van der Waals surface area (Å²) in [7, 11) is 0. The van der Waals surface area contributed by atoms with Crippen molar-refractivity contribution in [3.8, 4) is 0 Å². The van der Waals surface area contributed by atoms with E-state index in [1.807, 2.05) is 38.1 Å². The number of aryl methyl sites for hydroxylation is 1. The normalized spacial score (nSPS) is 18.4. The molecule has 21 heavy (non-hydrogen) atoms. The van der Waals surface area contributed by atoms with E-state index < -0.39 is 5.97 Å². The number of rotatable bonds is 5. The third-order valence-electron chi connectivity index (χ3n) is 4.36. The van der Waals surface area contributed by atoms with Crippen LogP contribution in [-0.4, -0.2) is 40.9 Å². The first-order chi connectivity index (χ1) is 9.97. The predicted molar refractivity (Wildman–Crippen MR) is 81.5 cm³/mol. The summed E-state index contributed by atoms with van der Waals surface area (Å²) in [6.45, 7) is 5.58. The average Bonchev–Trinajstić information content (AvgIpc) is 2.47. The summed E-state index contributed by atoms with van der Waals surface area (Å²) >= 11 is 0. The summed E-state index contributed by atoms with van der Waals surface area (Å²) in [6.07, 6.45) is 1.84. The van der Waals surface area contributed by atoms with Gasteiger partial charge in [0.05, 0.1) is 5.92 Å². The molecule has 0 aromatic heterocycles. The summed E-state index contributed by atoms with van der Waals surface area (Å²) in [5, 5.41) is 9.01. The van der Waals surface area contributed by atoms with Crippen LogP contribution in [0.4, 0.5) is 0 Å². The molecule has 4 heteroatoms. The fraction of sp³-hybridized carbons (Fsp3) is 0.529. The maximum Gasteiger partial charge on any atom is 0.306 e. The molecule has 0 spiro atoms. The molecule has 0 aliphatic carbocycles. The Morgan fingerprint density at radius 3 is 2.33 bits per heavy atom. The van der Waals surface area contributed by atoms with E-state index in [0.29, 0.717) is 19.3 Å². The van der Waals surface area contributed by atoms with Crippen LogP contribution in [0.1, 0.15) is 42.1 Å². The molecule has 0 saturated carbocycles. The Kier molecular flexibility index (Phi) is 5.12. The van der Waals surface area contributed by atoms with Crippen LogP contribution in [0.3, 0.4) is 0 Å². The molecule has 4 nitrogen and oxygen atoms in total. The van der Waals surface area contributed by atoms with E-state index in [1.54, 1.807) is 0 Å². The number of Topliss-reactive ketones (excluding diaryl/α,β-unsaturated/α-hetero) is 1. The molecule has 1 aliphatic rings. The number of carbonyl (C=O) groups excluding carboxylic acids is 1. The number of carbonyl (C=O) groups is 2. The minimum Gasteiger partial charge on any atom is -0.481 e. The van der Waals surface area contributed by atoms with E-state index in [1.165, 1.54) is 0 Å². The lowest BCUT2D eigenvalue weighted by molar-refractivity contribution is -0.143. The largest absolute Gasteiger partial charge is 0.481 e. The van der Waals surface area contributed by atoms with Gasteiger partial charge in [-0.25, -0.2) is 0 Å². The maximum atomic E-state index is 12.3. The number of hydrogen-bond acceptors (Lipinski definition) is 3. The van der Waals surface area contributed by atoms with Crippen LogP contribution >= 0.6 is 0 Å². The van der Waals surface area contributed by atoms with Gasteiger partial charge in [-0.05, 0) is 39.8 Å². The van der Waals surface area contributed by atoms with E-state index in [-0.39, 0.29) is 17.7 Å². The zero-order valence-electron chi connectivity index (χ0n) is 12.7. The van der Waals surface area contributed by atoms with Crippen LogP contribution in [0, 0.1) is 12.8 Å². The molecule has 1 unspecified atom stereocenters. The number of likely N-dealkylation sites (tertiary alicyclic amines) is 1. The highest BCUT2D eigenvalue weighted by Crippen LogP contribution is 2.21. The zero-order valence-corrected chi connectivity index (χ0v) is 12.7. The van der Waals surface area contributed by atoms with Crippen molar-refractivity contribution in [2.75, 3.05) is 13.1 Å². The summed E-state index contributed by atoms with van der Waals surface area (Å²) in [5.74, 6) is -0.762. The number of aliphatic carboxylic acids is 1. The van der Waals surface area contributed by atoms with Crippen LogP contribution in [0.2, 0.25) is 0 Å². The zero-order chi connectivity index (χ0) is 15.4. The number of ketones is 1. The SMILES string of the molecule is Cc1ccc(C(=O)CC(C)N2CCC(C(=O)O)CC2)cc1. The molecule has 1 N–H and O–H groups in total. The molecule has 1 aromatic carbocycles. The van der Waals surface area contributed by atoms with Crippen molar-refractivity contribution in [1.29, 1.82) is 0 Å². The lowest BCUT2D eigenvalue weighted by Crippen LogP contribution is -2.42. The summed E-state index contributed by atoms with van der Waals surface area (Å²) in [5.41, 5.74) is 1.91. The van der Waals surface area contributed by atoms with Gasteiger partial charge in [0.2, 0.25) is 0 Å². The quantitative estimate of drug-likeness (QED) is 0.847. The number of hydrogen-bond donors (Lipinski definition) is 1. The predicted octanol–water partition coefficient (Wildman–Crippen LogP) is 2.75. The third-order valence-corrected chi connectivity index (χ3v) is 4.36. The molecule has 0 bridgehead atoms. The second-order valence-corrected chi connectivity index (χ2v) is 5.99. The van der Waals surface area contributed by atoms with Crippen molar-refractivity contribution >= 4 is 11.8 Å². The molecule has 0 amide bonds. The molecule has 2 rings (SSSR count). The standard InChI is InChI=1S/C17H23NO3/c1-12-3-5-14(6-4-12)16(19)11-13(2)18-9-7-15(8-10-18)17(20)21/h3-6,13,15H,7-11H2,1-2H3,(H,20,21). The van der Waals surface area contributed by atoms with Crippen molar-refractivity contribution in [2.45, 2.75) is 39.2 Å². The molecule has 1 aliphatic heterocycles. The summed E-state index contributed by atoms with van der Waals surface area (Å²) in [6, 6.07) is 7.82. The number of carboxylic acid groups (broad SMARTS) is 1. The Bertz CT molecular complexity index is 501. The molecule has 1 fully saturated rings. The highest BCUT2D eigenvalue weighted by Gasteiger charge is 2.27. The van der Waals surface area contributed by atoms with Gasteiger partial charge in [-0.1, -0.05) is 29.8 Å². The Labute approximate surface area is 125 Å². The highest BCUT2D eigenvalue weighted by molar-refractivity contribution is 5.96. The molecular weight excluding hydrogens is 266 g/mol. The number of nitrogens with zero attached hydrogens (tertiary/aromatic N) is 1. The van der Waals surface area contributed by atoms with Crippen LogP contribution in [0.5, 0.6) is 0 Å². The topological polar surface area (TPSA) is 57.6 Å². The maximum absolute atomic E-state index is 12.3. The van der Waals surface area contributed by atoms with Gasteiger partial charge in [0, 0.05) is 18.0 Å². The Hall–Kier alpha value is -1.68. The van der Waals surface area contributed by atoms with Crippen molar-refractivity contribution < 1.29 is 14.7 Å². The second-order valence-electron chi connectivity index (χ2n) is 5.99. The van der Waals surface area contributed by atoms with Gasteiger partial charge >= 0.3 is 5.97 Å². The van der Waals surface area contributed by atoms with Gasteiger partial charge in [0.15, 0.2) is 5.78 Å². The van der Waals surface area contributed by atoms with Crippen LogP contribution < -0.4 is 0 Å².